The van der Waals surface area contributed by atoms with Crippen molar-refractivity contribution in [3.63, 3.8) is 0 Å². The van der Waals surface area contributed by atoms with Crippen molar-refractivity contribution in [1.29, 1.82) is 0 Å². The minimum Gasteiger partial charge on any atom is -0.489 e. The van der Waals surface area contributed by atoms with Crippen molar-refractivity contribution in [3.05, 3.63) is 73.1 Å². The SMILES string of the molecule is Fc1ccccc1-c1nccc2[nH]c(-c3n[nH]c4cnc(-c5cncc(OC6CCNCC6)c5)cc34)nc12. The van der Waals surface area contributed by atoms with E-state index in [0.717, 1.165) is 59.4 Å². The topological polar surface area (TPSA) is 117 Å². The molecule has 1 fully saturated rings. The number of imidazole rings is 1. The van der Waals surface area contributed by atoms with Crippen LogP contribution >= 0.6 is 0 Å². The molecule has 0 spiro atoms. The van der Waals surface area contributed by atoms with E-state index >= 15 is 0 Å². The standard InChI is InChI=1S/C28H23FN8O/c29-21-4-2-1-3-19(21)25-27-22(7-10-32-25)34-28(35-27)26-20-12-23(33-15-24(20)36-37-26)16-11-18(14-31-13-16)38-17-5-8-30-9-6-17/h1-4,7,10-15,17,30H,5-6,8-9H2,(H,34,35)(H,36,37). The second kappa shape index (κ2) is 9.31. The second-order valence-corrected chi connectivity index (χ2v) is 9.28. The fraction of sp³-hybridized carbons (Fsp3) is 0.179. The van der Waals surface area contributed by atoms with Gasteiger partial charge in [-0.05, 0) is 56.3 Å². The maximum atomic E-state index is 14.5. The number of halogens is 1. The lowest BCUT2D eigenvalue weighted by Crippen LogP contribution is -2.34. The molecule has 3 N–H and O–H groups in total. The van der Waals surface area contributed by atoms with Crippen LogP contribution in [-0.4, -0.2) is 54.3 Å². The molecule has 1 aliphatic rings. The monoisotopic (exact) mass is 506 g/mol. The van der Waals surface area contributed by atoms with Crippen LogP contribution in [0.4, 0.5) is 4.39 Å². The number of nitrogens with zero attached hydrogens (tertiary/aromatic N) is 5. The first-order valence-corrected chi connectivity index (χ1v) is 12.5. The molecular formula is C28H23FN8O. The van der Waals surface area contributed by atoms with Gasteiger partial charge in [0.05, 0.1) is 29.1 Å². The molecule has 38 heavy (non-hydrogen) atoms. The summed E-state index contributed by atoms with van der Waals surface area (Å²) in [4.78, 5) is 21.5. The maximum Gasteiger partial charge on any atom is 0.159 e. The first-order valence-electron chi connectivity index (χ1n) is 12.5. The summed E-state index contributed by atoms with van der Waals surface area (Å²) in [5.41, 5.74) is 5.18. The molecule has 0 amide bonds. The van der Waals surface area contributed by atoms with Crippen molar-refractivity contribution in [1.82, 2.24) is 40.4 Å². The molecule has 7 rings (SSSR count). The van der Waals surface area contributed by atoms with Gasteiger partial charge in [0.1, 0.15) is 34.6 Å². The van der Waals surface area contributed by atoms with Gasteiger partial charge in [-0.2, -0.15) is 5.10 Å². The van der Waals surface area contributed by atoms with Gasteiger partial charge in [-0.3, -0.25) is 20.1 Å². The molecule has 5 aromatic heterocycles. The number of hydrogen-bond acceptors (Lipinski definition) is 7. The summed E-state index contributed by atoms with van der Waals surface area (Å²) in [6, 6.07) is 12.3. The minimum absolute atomic E-state index is 0.182. The average molecular weight is 507 g/mol. The van der Waals surface area contributed by atoms with Crippen molar-refractivity contribution >= 4 is 21.9 Å². The molecule has 0 atom stereocenters. The number of nitrogens with one attached hydrogen (secondary N) is 3. The summed E-state index contributed by atoms with van der Waals surface area (Å²) in [6.07, 6.45) is 9.02. The highest BCUT2D eigenvalue weighted by Gasteiger charge is 2.19. The summed E-state index contributed by atoms with van der Waals surface area (Å²) in [5, 5.41) is 11.7. The van der Waals surface area contributed by atoms with Gasteiger partial charge in [-0.1, -0.05) is 12.1 Å². The van der Waals surface area contributed by atoms with Crippen LogP contribution in [0.1, 0.15) is 12.8 Å². The van der Waals surface area contributed by atoms with Crippen molar-refractivity contribution in [2.24, 2.45) is 0 Å². The zero-order valence-electron chi connectivity index (χ0n) is 20.3. The van der Waals surface area contributed by atoms with Crippen LogP contribution < -0.4 is 10.1 Å². The van der Waals surface area contributed by atoms with E-state index in [0.29, 0.717) is 28.3 Å². The Hall–Kier alpha value is -4.70. The van der Waals surface area contributed by atoms with Crippen LogP contribution in [0.5, 0.6) is 5.75 Å². The third-order valence-corrected chi connectivity index (χ3v) is 6.80. The summed E-state index contributed by atoms with van der Waals surface area (Å²) in [7, 11) is 0. The van der Waals surface area contributed by atoms with Crippen molar-refractivity contribution in [2.45, 2.75) is 18.9 Å². The van der Waals surface area contributed by atoms with E-state index in [1.165, 1.54) is 6.07 Å². The number of H-pyrrole nitrogens is 2. The Bertz CT molecular complexity index is 1770. The van der Waals surface area contributed by atoms with Crippen LogP contribution in [0.15, 0.2) is 67.3 Å². The molecule has 0 unspecified atom stereocenters. The molecule has 0 saturated carbocycles. The molecule has 1 saturated heterocycles. The molecular weight excluding hydrogens is 483 g/mol. The first kappa shape index (κ1) is 22.5. The third-order valence-electron chi connectivity index (χ3n) is 6.80. The fourth-order valence-corrected chi connectivity index (χ4v) is 4.88. The van der Waals surface area contributed by atoms with Crippen molar-refractivity contribution in [2.75, 3.05) is 13.1 Å². The Morgan fingerprint density at radius 3 is 2.71 bits per heavy atom. The lowest BCUT2D eigenvalue weighted by Gasteiger charge is -2.23. The van der Waals surface area contributed by atoms with E-state index in [-0.39, 0.29) is 11.9 Å². The number of piperidine rings is 1. The Kier molecular flexibility index (Phi) is 5.51. The number of ether oxygens (including phenoxy) is 1. The van der Waals surface area contributed by atoms with E-state index in [4.69, 9.17) is 9.72 Å². The summed E-state index contributed by atoms with van der Waals surface area (Å²) >= 11 is 0. The highest BCUT2D eigenvalue weighted by atomic mass is 19.1. The lowest BCUT2D eigenvalue weighted by atomic mass is 10.1. The Morgan fingerprint density at radius 2 is 1.82 bits per heavy atom. The van der Waals surface area contributed by atoms with Crippen molar-refractivity contribution < 1.29 is 9.13 Å². The van der Waals surface area contributed by atoms with Gasteiger partial charge < -0.3 is 15.0 Å². The van der Waals surface area contributed by atoms with Crippen LogP contribution in [-0.2, 0) is 0 Å². The summed E-state index contributed by atoms with van der Waals surface area (Å²) in [5.74, 6) is 0.933. The number of pyridine rings is 3. The Morgan fingerprint density at radius 1 is 0.921 bits per heavy atom. The van der Waals surface area contributed by atoms with E-state index in [2.05, 4.69) is 35.5 Å². The highest BCUT2D eigenvalue weighted by molar-refractivity contribution is 5.96. The maximum absolute atomic E-state index is 14.5. The average Bonchev–Trinajstić information content (AvgIpc) is 3.58. The number of benzene rings is 1. The molecule has 0 radical (unpaired) electrons. The summed E-state index contributed by atoms with van der Waals surface area (Å²) < 4.78 is 20.7. The van der Waals surface area contributed by atoms with Crippen LogP contribution in [0.25, 0.3) is 56.0 Å². The van der Waals surface area contributed by atoms with Crippen LogP contribution in [0, 0.1) is 5.82 Å². The van der Waals surface area contributed by atoms with E-state index in [9.17, 15) is 4.39 Å². The molecule has 0 bridgehead atoms. The second-order valence-electron chi connectivity index (χ2n) is 9.28. The first-order chi connectivity index (χ1) is 18.7. The fourth-order valence-electron chi connectivity index (χ4n) is 4.88. The number of fused-ring (bicyclic) bond motifs is 2. The zero-order valence-corrected chi connectivity index (χ0v) is 20.3. The third kappa shape index (κ3) is 4.04. The van der Waals surface area contributed by atoms with Crippen LogP contribution in [0.2, 0.25) is 0 Å². The largest absolute Gasteiger partial charge is 0.489 e. The normalized spacial score (nSPS) is 14.3. The molecule has 9 nitrogen and oxygen atoms in total. The van der Waals surface area contributed by atoms with E-state index < -0.39 is 0 Å². The predicted octanol–water partition coefficient (Wildman–Crippen LogP) is 4.90. The van der Waals surface area contributed by atoms with Gasteiger partial charge in [-0.25, -0.2) is 9.37 Å². The minimum atomic E-state index is -0.349. The van der Waals surface area contributed by atoms with Gasteiger partial charge >= 0.3 is 0 Å². The quantitative estimate of drug-likeness (QED) is 0.305. The lowest BCUT2D eigenvalue weighted by molar-refractivity contribution is 0.162. The van der Waals surface area contributed by atoms with E-state index in [1.54, 1.807) is 43.0 Å². The zero-order chi connectivity index (χ0) is 25.5. The van der Waals surface area contributed by atoms with Crippen LogP contribution in [0.3, 0.4) is 0 Å². The molecule has 0 aliphatic carbocycles. The number of hydrogen-bond donors (Lipinski definition) is 3. The van der Waals surface area contributed by atoms with E-state index in [1.807, 2.05) is 18.2 Å². The molecule has 1 aromatic carbocycles. The van der Waals surface area contributed by atoms with Gasteiger partial charge in [0.2, 0.25) is 0 Å². The number of rotatable bonds is 5. The Labute approximate surface area is 216 Å². The molecule has 6 aromatic rings. The molecule has 1 aliphatic heterocycles. The predicted molar refractivity (Wildman–Crippen MR) is 142 cm³/mol. The van der Waals surface area contributed by atoms with Gasteiger partial charge in [0.15, 0.2) is 5.82 Å². The van der Waals surface area contributed by atoms with Gasteiger partial charge in [0, 0.05) is 28.9 Å². The Balaban J connectivity index is 1.26. The highest BCUT2D eigenvalue weighted by Crippen LogP contribution is 2.32. The number of aromatic amines is 2. The number of aromatic nitrogens is 7. The summed E-state index contributed by atoms with van der Waals surface area (Å²) in [6.45, 7) is 1.91. The molecule has 10 heteroatoms. The van der Waals surface area contributed by atoms with Gasteiger partial charge in [0.25, 0.3) is 0 Å². The molecule has 188 valence electrons. The smallest absolute Gasteiger partial charge is 0.159 e. The molecule has 6 heterocycles. The van der Waals surface area contributed by atoms with Crippen molar-refractivity contribution in [3.8, 4) is 39.8 Å². The van der Waals surface area contributed by atoms with Gasteiger partial charge in [-0.15, -0.1) is 0 Å².